The average Bonchev–Trinajstić information content (AvgIpc) is 2.51. The molecule has 0 amide bonds. The van der Waals surface area contributed by atoms with Gasteiger partial charge in [0.05, 0.1) is 7.11 Å². The van der Waals surface area contributed by atoms with Crippen molar-refractivity contribution >= 4 is 5.96 Å². The summed E-state index contributed by atoms with van der Waals surface area (Å²) >= 11 is 0. The Morgan fingerprint density at radius 3 is 2.52 bits per heavy atom. The number of nitrogens with zero attached hydrogens (tertiary/aromatic N) is 1. The van der Waals surface area contributed by atoms with Gasteiger partial charge in [0.15, 0.2) is 5.96 Å². The van der Waals surface area contributed by atoms with Crippen molar-refractivity contribution in [3.05, 3.63) is 29.3 Å². The number of guanidine groups is 1. The smallest absolute Gasteiger partial charge is 0.191 e. The van der Waals surface area contributed by atoms with Gasteiger partial charge in [-0.05, 0) is 24.5 Å². The lowest BCUT2D eigenvalue weighted by atomic mass is 10.0. The fourth-order valence-corrected chi connectivity index (χ4v) is 2.22. The van der Waals surface area contributed by atoms with Gasteiger partial charge in [-0.3, -0.25) is 4.99 Å². The predicted octanol–water partition coefficient (Wildman–Crippen LogP) is 3.10. The van der Waals surface area contributed by atoms with Crippen LogP contribution in [0.1, 0.15) is 37.8 Å². The molecule has 0 aliphatic rings. The Balaban J connectivity index is 2.56. The second-order valence-electron chi connectivity index (χ2n) is 5.30. The number of hydrogen-bond acceptors (Lipinski definition) is 2. The number of rotatable bonds is 7. The zero-order chi connectivity index (χ0) is 15.7. The molecule has 0 saturated heterocycles. The summed E-state index contributed by atoms with van der Waals surface area (Å²) in [6.45, 7) is 8.17. The molecular weight excluding hydrogens is 262 g/mol. The Labute approximate surface area is 129 Å². The van der Waals surface area contributed by atoms with Crippen molar-refractivity contribution in [3.63, 3.8) is 0 Å². The van der Waals surface area contributed by atoms with Crippen LogP contribution in [0.5, 0.6) is 5.75 Å². The van der Waals surface area contributed by atoms with Crippen molar-refractivity contribution < 1.29 is 4.74 Å². The van der Waals surface area contributed by atoms with E-state index < -0.39 is 0 Å². The van der Waals surface area contributed by atoms with E-state index in [1.54, 1.807) is 14.2 Å². The van der Waals surface area contributed by atoms with Crippen LogP contribution in [0.2, 0.25) is 0 Å². The van der Waals surface area contributed by atoms with Crippen LogP contribution in [0, 0.1) is 12.8 Å². The molecule has 0 spiro atoms. The summed E-state index contributed by atoms with van der Waals surface area (Å²) in [6, 6.07) is 6.24. The van der Waals surface area contributed by atoms with Crippen LogP contribution in [0.25, 0.3) is 0 Å². The van der Waals surface area contributed by atoms with E-state index in [2.05, 4.69) is 54.6 Å². The molecule has 0 heterocycles. The van der Waals surface area contributed by atoms with Gasteiger partial charge >= 0.3 is 0 Å². The lowest BCUT2D eigenvalue weighted by molar-refractivity contribution is 0.408. The maximum atomic E-state index is 5.42. The highest BCUT2D eigenvalue weighted by molar-refractivity contribution is 5.79. The largest absolute Gasteiger partial charge is 0.496 e. The summed E-state index contributed by atoms with van der Waals surface area (Å²) in [4.78, 5) is 4.27. The number of methoxy groups -OCH3 is 1. The van der Waals surface area contributed by atoms with Gasteiger partial charge in [-0.1, -0.05) is 38.8 Å². The van der Waals surface area contributed by atoms with Crippen LogP contribution in [-0.2, 0) is 6.54 Å². The highest BCUT2D eigenvalue weighted by Crippen LogP contribution is 2.19. The molecule has 4 nitrogen and oxygen atoms in total. The van der Waals surface area contributed by atoms with E-state index in [-0.39, 0.29) is 0 Å². The first-order valence-corrected chi connectivity index (χ1v) is 7.72. The Morgan fingerprint density at radius 1 is 1.24 bits per heavy atom. The number of aryl methyl sites for hydroxylation is 1. The summed E-state index contributed by atoms with van der Waals surface area (Å²) in [6.07, 6.45) is 2.37. The SMILES string of the molecule is CCC(CC)CNC(=NC)NCc1ccc(C)cc1OC. The molecule has 0 unspecified atom stereocenters. The van der Waals surface area contributed by atoms with Gasteiger partial charge in [0, 0.05) is 25.7 Å². The van der Waals surface area contributed by atoms with E-state index in [1.807, 2.05) is 0 Å². The molecule has 0 fully saturated rings. The van der Waals surface area contributed by atoms with Crippen molar-refractivity contribution in [2.24, 2.45) is 10.9 Å². The van der Waals surface area contributed by atoms with Crippen LogP contribution in [0.3, 0.4) is 0 Å². The first kappa shape index (κ1) is 17.3. The molecule has 0 radical (unpaired) electrons. The van der Waals surface area contributed by atoms with Crippen LogP contribution < -0.4 is 15.4 Å². The van der Waals surface area contributed by atoms with Gasteiger partial charge in [-0.2, -0.15) is 0 Å². The second kappa shape index (κ2) is 9.27. The molecule has 1 aromatic carbocycles. The number of aliphatic imine (C=N–C) groups is 1. The van der Waals surface area contributed by atoms with E-state index >= 15 is 0 Å². The zero-order valence-corrected chi connectivity index (χ0v) is 14.0. The van der Waals surface area contributed by atoms with Crippen molar-refractivity contribution in [2.75, 3.05) is 20.7 Å². The number of benzene rings is 1. The predicted molar refractivity (Wildman–Crippen MR) is 90.0 cm³/mol. The first-order valence-electron chi connectivity index (χ1n) is 7.72. The van der Waals surface area contributed by atoms with Crippen LogP contribution >= 0.6 is 0 Å². The van der Waals surface area contributed by atoms with Crippen LogP contribution in [0.4, 0.5) is 0 Å². The van der Waals surface area contributed by atoms with Gasteiger partial charge in [0.2, 0.25) is 0 Å². The van der Waals surface area contributed by atoms with E-state index in [4.69, 9.17) is 4.74 Å². The average molecular weight is 291 g/mol. The number of nitrogens with one attached hydrogen (secondary N) is 2. The van der Waals surface area contributed by atoms with Crippen molar-refractivity contribution in [1.29, 1.82) is 0 Å². The van der Waals surface area contributed by atoms with Crippen LogP contribution in [-0.4, -0.2) is 26.7 Å². The third-order valence-electron chi connectivity index (χ3n) is 3.83. The zero-order valence-electron chi connectivity index (χ0n) is 14.0. The Kier molecular flexibility index (Phi) is 7.65. The molecular formula is C17H29N3O. The van der Waals surface area contributed by atoms with Gasteiger partial charge in [0.1, 0.15) is 5.75 Å². The minimum absolute atomic E-state index is 0.692. The molecule has 0 aliphatic carbocycles. The van der Waals surface area contributed by atoms with Crippen molar-refractivity contribution in [2.45, 2.75) is 40.2 Å². The monoisotopic (exact) mass is 291 g/mol. The fourth-order valence-electron chi connectivity index (χ4n) is 2.22. The first-order chi connectivity index (χ1) is 10.1. The third kappa shape index (κ3) is 5.66. The Morgan fingerprint density at radius 2 is 1.95 bits per heavy atom. The molecule has 1 rings (SSSR count). The maximum Gasteiger partial charge on any atom is 0.191 e. The summed E-state index contributed by atoms with van der Waals surface area (Å²) < 4.78 is 5.42. The Bertz CT molecular complexity index is 453. The lowest BCUT2D eigenvalue weighted by Crippen LogP contribution is -2.39. The van der Waals surface area contributed by atoms with Gasteiger partial charge in [0.25, 0.3) is 0 Å². The fraction of sp³-hybridized carbons (Fsp3) is 0.588. The molecule has 0 aliphatic heterocycles. The second-order valence-corrected chi connectivity index (χ2v) is 5.30. The van der Waals surface area contributed by atoms with E-state index in [9.17, 15) is 0 Å². The number of hydrogen-bond donors (Lipinski definition) is 2. The summed E-state index contributed by atoms with van der Waals surface area (Å²) in [7, 11) is 3.51. The normalized spacial score (nSPS) is 11.6. The molecule has 0 saturated carbocycles. The standard InChI is InChI=1S/C17H29N3O/c1-6-14(7-2)11-19-17(18-4)20-12-15-9-8-13(3)10-16(15)21-5/h8-10,14H,6-7,11-12H2,1-5H3,(H2,18,19,20). The van der Waals surface area contributed by atoms with E-state index in [1.165, 1.54) is 18.4 Å². The highest BCUT2D eigenvalue weighted by atomic mass is 16.5. The topological polar surface area (TPSA) is 45.7 Å². The minimum atomic E-state index is 0.692. The molecule has 2 N–H and O–H groups in total. The summed E-state index contributed by atoms with van der Waals surface area (Å²) in [5, 5.41) is 6.73. The van der Waals surface area contributed by atoms with E-state index in [0.29, 0.717) is 12.5 Å². The molecule has 0 atom stereocenters. The van der Waals surface area contributed by atoms with Gasteiger partial charge < -0.3 is 15.4 Å². The third-order valence-corrected chi connectivity index (χ3v) is 3.83. The Hall–Kier alpha value is -1.71. The molecule has 4 heteroatoms. The molecule has 0 aromatic heterocycles. The summed E-state index contributed by atoms with van der Waals surface area (Å²) in [5.74, 6) is 2.44. The van der Waals surface area contributed by atoms with Crippen molar-refractivity contribution in [3.8, 4) is 5.75 Å². The maximum absolute atomic E-state index is 5.42. The van der Waals surface area contributed by atoms with E-state index in [0.717, 1.165) is 23.8 Å². The molecule has 0 bridgehead atoms. The highest BCUT2D eigenvalue weighted by Gasteiger charge is 2.07. The molecule has 1 aromatic rings. The minimum Gasteiger partial charge on any atom is -0.496 e. The summed E-state index contributed by atoms with van der Waals surface area (Å²) in [5.41, 5.74) is 2.33. The lowest BCUT2D eigenvalue weighted by Gasteiger charge is -2.17. The quantitative estimate of drug-likeness (QED) is 0.599. The van der Waals surface area contributed by atoms with Gasteiger partial charge in [-0.25, -0.2) is 0 Å². The molecule has 118 valence electrons. The van der Waals surface area contributed by atoms with Crippen molar-refractivity contribution in [1.82, 2.24) is 10.6 Å². The van der Waals surface area contributed by atoms with Gasteiger partial charge in [-0.15, -0.1) is 0 Å². The van der Waals surface area contributed by atoms with Crippen LogP contribution in [0.15, 0.2) is 23.2 Å². The molecule has 21 heavy (non-hydrogen) atoms. The number of ether oxygens (including phenoxy) is 1.